The molecule has 5 rings (SSSR count). The molecule has 8 heteroatoms. The number of carbonyl (C=O) groups excluding carboxylic acids is 3. The number of fused-ring (bicyclic) bond motifs is 1. The zero-order chi connectivity index (χ0) is 22.3. The van der Waals surface area contributed by atoms with Gasteiger partial charge in [0.1, 0.15) is 12.3 Å². The highest BCUT2D eigenvalue weighted by Crippen LogP contribution is 2.43. The monoisotopic (exact) mass is 447 g/mol. The van der Waals surface area contributed by atoms with Gasteiger partial charge in [-0.1, -0.05) is 42.5 Å². The van der Waals surface area contributed by atoms with Gasteiger partial charge in [-0.15, -0.1) is 11.8 Å². The summed E-state index contributed by atoms with van der Waals surface area (Å²) in [4.78, 5) is 43.1. The van der Waals surface area contributed by atoms with Crippen molar-refractivity contribution >= 4 is 35.3 Å². The lowest BCUT2D eigenvalue weighted by Crippen LogP contribution is -2.47. The fourth-order valence-electron chi connectivity index (χ4n) is 4.20. The summed E-state index contributed by atoms with van der Waals surface area (Å²) in [5.74, 6) is 0.171. The van der Waals surface area contributed by atoms with E-state index in [0.717, 1.165) is 21.0 Å². The van der Waals surface area contributed by atoms with Gasteiger partial charge >= 0.3 is 6.03 Å². The van der Waals surface area contributed by atoms with Crippen LogP contribution in [0.1, 0.15) is 24.3 Å². The molecule has 1 saturated heterocycles. The van der Waals surface area contributed by atoms with Crippen LogP contribution in [0, 0.1) is 0 Å². The molecule has 2 aliphatic rings. The quantitative estimate of drug-likeness (QED) is 0.613. The summed E-state index contributed by atoms with van der Waals surface area (Å²) in [7, 11) is 0. The Balaban J connectivity index is 1.47. The van der Waals surface area contributed by atoms with Crippen LogP contribution in [0.4, 0.5) is 10.5 Å². The van der Waals surface area contributed by atoms with E-state index < -0.39 is 17.5 Å². The molecule has 3 heterocycles. The third-order valence-corrected chi connectivity index (χ3v) is 7.01. The van der Waals surface area contributed by atoms with E-state index in [-0.39, 0.29) is 18.5 Å². The molecule has 32 heavy (non-hydrogen) atoms. The zero-order valence-electron chi connectivity index (χ0n) is 17.4. The number of thioether (sulfide) groups is 1. The fourth-order valence-corrected chi connectivity index (χ4v) is 5.37. The number of hydrogen-bond donors (Lipinski definition) is 1. The van der Waals surface area contributed by atoms with Crippen LogP contribution in [0.25, 0.3) is 0 Å². The first-order chi connectivity index (χ1) is 15.5. The number of nitrogens with one attached hydrogen (secondary N) is 1. The van der Waals surface area contributed by atoms with Gasteiger partial charge in [0.05, 0.1) is 18.0 Å². The van der Waals surface area contributed by atoms with Crippen molar-refractivity contribution in [3.05, 3.63) is 84.3 Å². The first-order valence-electron chi connectivity index (χ1n) is 10.3. The Hall–Kier alpha value is -3.52. The maximum absolute atomic E-state index is 13.6. The second-order valence-corrected chi connectivity index (χ2v) is 8.95. The van der Waals surface area contributed by atoms with Crippen molar-refractivity contribution in [3.63, 3.8) is 0 Å². The van der Waals surface area contributed by atoms with E-state index in [4.69, 9.17) is 4.42 Å². The van der Waals surface area contributed by atoms with E-state index in [2.05, 4.69) is 5.32 Å². The second-order valence-electron chi connectivity index (χ2n) is 7.89. The number of carbonyl (C=O) groups is 3. The Kier molecular flexibility index (Phi) is 5.01. The molecule has 3 aromatic rings. The number of para-hydroxylation sites is 1. The summed E-state index contributed by atoms with van der Waals surface area (Å²) in [6.07, 6.45) is 1.45. The minimum atomic E-state index is -1.34. The molecule has 2 aromatic carbocycles. The van der Waals surface area contributed by atoms with Gasteiger partial charge in [-0.2, -0.15) is 0 Å². The van der Waals surface area contributed by atoms with Crippen molar-refractivity contribution in [1.29, 1.82) is 0 Å². The van der Waals surface area contributed by atoms with Gasteiger partial charge in [0.25, 0.3) is 5.91 Å². The molecule has 0 aliphatic carbocycles. The maximum atomic E-state index is 13.6. The van der Waals surface area contributed by atoms with Crippen molar-refractivity contribution in [3.8, 4) is 0 Å². The highest BCUT2D eigenvalue weighted by Gasteiger charge is 2.52. The molecular weight excluding hydrogens is 426 g/mol. The molecule has 2 atom stereocenters. The van der Waals surface area contributed by atoms with Crippen LogP contribution < -0.4 is 10.2 Å². The average Bonchev–Trinajstić information content (AvgIpc) is 3.43. The number of nitrogens with zero attached hydrogens (tertiary/aromatic N) is 2. The molecule has 1 fully saturated rings. The first-order valence-corrected chi connectivity index (χ1v) is 11.2. The van der Waals surface area contributed by atoms with Gasteiger partial charge in [-0.05, 0) is 36.8 Å². The Bertz CT molecular complexity index is 1180. The van der Waals surface area contributed by atoms with Gasteiger partial charge in [-0.25, -0.2) is 4.79 Å². The average molecular weight is 448 g/mol. The Morgan fingerprint density at radius 3 is 2.59 bits per heavy atom. The lowest BCUT2D eigenvalue weighted by molar-refractivity contribution is -0.134. The number of hydrogen-bond acceptors (Lipinski definition) is 5. The molecule has 0 bridgehead atoms. The van der Waals surface area contributed by atoms with E-state index in [1.54, 1.807) is 35.7 Å². The van der Waals surface area contributed by atoms with Gasteiger partial charge in [0.15, 0.2) is 5.54 Å². The predicted octanol–water partition coefficient (Wildman–Crippen LogP) is 3.93. The van der Waals surface area contributed by atoms with Crippen LogP contribution in [0.15, 0.2) is 82.3 Å². The van der Waals surface area contributed by atoms with Gasteiger partial charge in [0, 0.05) is 10.6 Å². The third-order valence-electron chi connectivity index (χ3n) is 5.87. The summed E-state index contributed by atoms with van der Waals surface area (Å²) in [5.41, 5.74) is 0.443. The number of amides is 4. The lowest BCUT2D eigenvalue weighted by Gasteiger charge is -2.37. The molecule has 0 spiro atoms. The third kappa shape index (κ3) is 3.27. The standard InChI is InChI=1S/C24H21N3O4S/c1-24(20-12-7-13-31-20)22(29)26(23(30)25-24)14-21(28)27-17-10-5-6-11-19(17)32-15-18(27)16-8-3-2-4-9-16/h2-13,18H,14-15H2,1H3,(H,25,30)/t18-,24+/m0/s1. The molecule has 7 nitrogen and oxygen atoms in total. The van der Waals surface area contributed by atoms with E-state index in [0.29, 0.717) is 11.5 Å². The molecule has 2 aliphatic heterocycles. The van der Waals surface area contributed by atoms with E-state index >= 15 is 0 Å². The van der Waals surface area contributed by atoms with Gasteiger partial charge in [-0.3, -0.25) is 14.5 Å². The molecule has 1 aromatic heterocycles. The van der Waals surface area contributed by atoms with Crippen LogP contribution in [0.5, 0.6) is 0 Å². The van der Waals surface area contributed by atoms with Crippen LogP contribution in [0.3, 0.4) is 0 Å². The summed E-state index contributed by atoms with van der Waals surface area (Å²) in [6.45, 7) is 1.22. The van der Waals surface area contributed by atoms with E-state index in [1.807, 2.05) is 54.6 Å². The molecular formula is C24H21N3O4S. The molecule has 4 amide bonds. The molecule has 1 N–H and O–H groups in total. The van der Waals surface area contributed by atoms with Gasteiger partial charge in [0.2, 0.25) is 5.91 Å². The topological polar surface area (TPSA) is 82.9 Å². The van der Waals surface area contributed by atoms with Crippen LogP contribution >= 0.6 is 11.8 Å². The molecule has 0 saturated carbocycles. The minimum absolute atomic E-state index is 0.208. The largest absolute Gasteiger partial charge is 0.466 e. The zero-order valence-corrected chi connectivity index (χ0v) is 18.2. The van der Waals surface area contributed by atoms with Crippen molar-refractivity contribution < 1.29 is 18.8 Å². The summed E-state index contributed by atoms with van der Waals surface area (Å²) >= 11 is 1.69. The number of furan rings is 1. The molecule has 162 valence electrons. The van der Waals surface area contributed by atoms with Crippen molar-refractivity contribution in [2.24, 2.45) is 0 Å². The Morgan fingerprint density at radius 1 is 1.09 bits per heavy atom. The number of benzene rings is 2. The van der Waals surface area contributed by atoms with Crippen molar-refractivity contribution in [2.45, 2.75) is 23.4 Å². The van der Waals surface area contributed by atoms with Crippen molar-refractivity contribution in [2.75, 3.05) is 17.2 Å². The van der Waals surface area contributed by atoms with E-state index in [9.17, 15) is 14.4 Å². The summed E-state index contributed by atoms with van der Waals surface area (Å²) < 4.78 is 5.37. The summed E-state index contributed by atoms with van der Waals surface area (Å²) in [6, 6.07) is 19.9. The second kappa shape index (κ2) is 7.87. The fraction of sp³-hybridized carbons (Fsp3) is 0.208. The smallest absolute Gasteiger partial charge is 0.325 e. The SMILES string of the molecule is C[C@]1(c2ccco2)NC(=O)N(CC(=O)N2c3ccccc3SC[C@H]2c2ccccc2)C1=O. The molecule has 0 radical (unpaired) electrons. The van der Waals surface area contributed by atoms with Gasteiger partial charge < -0.3 is 14.6 Å². The highest BCUT2D eigenvalue weighted by atomic mass is 32.2. The Morgan fingerprint density at radius 2 is 1.84 bits per heavy atom. The van der Waals surface area contributed by atoms with E-state index in [1.165, 1.54) is 6.26 Å². The predicted molar refractivity (Wildman–Crippen MR) is 120 cm³/mol. The first kappa shape index (κ1) is 20.4. The number of urea groups is 1. The summed E-state index contributed by atoms with van der Waals surface area (Å²) in [5, 5.41) is 2.67. The Labute approximate surface area is 189 Å². The van der Waals surface area contributed by atoms with Crippen molar-refractivity contribution in [1.82, 2.24) is 10.2 Å². The minimum Gasteiger partial charge on any atom is -0.466 e. The van der Waals surface area contributed by atoms with Crippen LogP contribution in [-0.4, -0.2) is 35.0 Å². The maximum Gasteiger partial charge on any atom is 0.325 e. The lowest BCUT2D eigenvalue weighted by atomic mass is 9.99. The number of anilines is 1. The highest BCUT2D eigenvalue weighted by molar-refractivity contribution is 7.99. The normalized spacial score (nSPS) is 22.6. The molecule has 0 unspecified atom stereocenters. The van der Waals surface area contributed by atoms with Crippen LogP contribution in [-0.2, 0) is 15.1 Å². The number of imide groups is 1. The van der Waals surface area contributed by atoms with Crippen LogP contribution in [0.2, 0.25) is 0 Å². The number of rotatable bonds is 4.